The first-order valence-electron chi connectivity index (χ1n) is 5.17. The van der Waals surface area contributed by atoms with Crippen molar-refractivity contribution in [3.05, 3.63) is 24.1 Å². The van der Waals surface area contributed by atoms with Gasteiger partial charge in [0.1, 0.15) is 5.60 Å². The maximum Gasteiger partial charge on any atom is 0.182 e. The Morgan fingerprint density at radius 1 is 1.50 bits per heavy atom. The largest absolute Gasteiger partial charge is 0.474 e. The van der Waals surface area contributed by atoms with Crippen LogP contribution in [-0.4, -0.2) is 23.6 Å². The van der Waals surface area contributed by atoms with Crippen molar-refractivity contribution >= 4 is 0 Å². The molecule has 0 fully saturated rings. The molecular formula is C12H21NO. The van der Waals surface area contributed by atoms with E-state index in [1.807, 2.05) is 20.8 Å². The van der Waals surface area contributed by atoms with E-state index in [0.29, 0.717) is 0 Å². The van der Waals surface area contributed by atoms with Gasteiger partial charge in [0.15, 0.2) is 5.88 Å². The zero-order valence-electron chi connectivity index (χ0n) is 9.76. The highest BCUT2D eigenvalue weighted by atomic mass is 16.5. The molecule has 0 aromatic heterocycles. The lowest BCUT2D eigenvalue weighted by Crippen LogP contribution is -2.32. The molecule has 0 N–H and O–H groups in total. The van der Waals surface area contributed by atoms with Crippen molar-refractivity contribution < 1.29 is 4.74 Å². The number of rotatable bonds is 2. The van der Waals surface area contributed by atoms with Gasteiger partial charge in [-0.15, -0.1) is 0 Å². The molecule has 1 aliphatic rings. The first-order valence-corrected chi connectivity index (χ1v) is 5.17. The van der Waals surface area contributed by atoms with E-state index in [0.717, 1.165) is 25.4 Å². The molecular weight excluding hydrogens is 174 g/mol. The predicted octanol–water partition coefficient (Wildman–Crippen LogP) is 2.92. The highest BCUT2D eigenvalue weighted by molar-refractivity contribution is 5.07. The van der Waals surface area contributed by atoms with Gasteiger partial charge in [-0.25, -0.2) is 0 Å². The minimum absolute atomic E-state index is 0.146. The first-order chi connectivity index (χ1) is 6.38. The lowest BCUT2D eigenvalue weighted by atomic mass is 10.1. The van der Waals surface area contributed by atoms with Crippen molar-refractivity contribution in [3.8, 4) is 0 Å². The van der Waals surface area contributed by atoms with Gasteiger partial charge in [0.2, 0.25) is 0 Å². The zero-order valence-corrected chi connectivity index (χ0v) is 9.76. The van der Waals surface area contributed by atoms with Crippen LogP contribution in [0.15, 0.2) is 24.1 Å². The fourth-order valence-electron chi connectivity index (χ4n) is 1.42. The van der Waals surface area contributed by atoms with Crippen LogP contribution in [0.5, 0.6) is 0 Å². The van der Waals surface area contributed by atoms with E-state index < -0.39 is 0 Å². The third-order valence-electron chi connectivity index (χ3n) is 2.21. The summed E-state index contributed by atoms with van der Waals surface area (Å²) in [7, 11) is 0. The minimum atomic E-state index is -0.146. The van der Waals surface area contributed by atoms with Gasteiger partial charge in [-0.2, -0.15) is 0 Å². The number of ether oxygens (including phenoxy) is 1. The lowest BCUT2D eigenvalue weighted by Gasteiger charge is -2.33. The molecule has 2 heteroatoms. The van der Waals surface area contributed by atoms with Gasteiger partial charge in [0.25, 0.3) is 0 Å². The van der Waals surface area contributed by atoms with Gasteiger partial charge in [-0.05, 0) is 40.7 Å². The molecule has 0 bridgehead atoms. The Morgan fingerprint density at radius 3 is 2.57 bits per heavy atom. The SMILES string of the molecule is C=C(OC(C)(C)C)N1CC=C(C)CC1. The van der Waals surface area contributed by atoms with Crippen molar-refractivity contribution in [1.82, 2.24) is 4.90 Å². The Morgan fingerprint density at radius 2 is 2.14 bits per heavy atom. The number of hydrogen-bond donors (Lipinski definition) is 0. The highest BCUT2D eigenvalue weighted by Gasteiger charge is 2.17. The molecule has 1 heterocycles. The van der Waals surface area contributed by atoms with Gasteiger partial charge in [-0.1, -0.05) is 11.6 Å². The molecule has 0 atom stereocenters. The molecule has 0 amide bonds. The quantitative estimate of drug-likeness (QED) is 0.496. The molecule has 0 unspecified atom stereocenters. The van der Waals surface area contributed by atoms with Crippen molar-refractivity contribution in [3.63, 3.8) is 0 Å². The molecule has 0 aliphatic carbocycles. The van der Waals surface area contributed by atoms with Crippen LogP contribution in [0, 0.1) is 0 Å². The van der Waals surface area contributed by atoms with Crippen molar-refractivity contribution in [2.24, 2.45) is 0 Å². The Bertz CT molecular complexity index is 248. The second-order valence-corrected chi connectivity index (χ2v) is 4.85. The zero-order chi connectivity index (χ0) is 10.8. The van der Waals surface area contributed by atoms with Crippen LogP contribution in [0.1, 0.15) is 34.1 Å². The van der Waals surface area contributed by atoms with Crippen LogP contribution in [0.4, 0.5) is 0 Å². The van der Waals surface area contributed by atoms with Gasteiger partial charge in [0.05, 0.1) is 0 Å². The van der Waals surface area contributed by atoms with E-state index in [1.165, 1.54) is 5.57 Å². The summed E-state index contributed by atoms with van der Waals surface area (Å²) >= 11 is 0. The maximum atomic E-state index is 5.71. The average Bonchev–Trinajstić information content (AvgIpc) is 2.02. The lowest BCUT2D eigenvalue weighted by molar-refractivity contribution is 0.00503. The molecule has 0 aromatic rings. The van der Waals surface area contributed by atoms with E-state index in [1.54, 1.807) is 0 Å². The summed E-state index contributed by atoms with van der Waals surface area (Å²) in [5.74, 6) is 0.793. The normalized spacial score (nSPS) is 17.7. The van der Waals surface area contributed by atoms with Crippen molar-refractivity contribution in [2.45, 2.75) is 39.7 Å². The fraction of sp³-hybridized carbons (Fsp3) is 0.667. The summed E-state index contributed by atoms with van der Waals surface area (Å²) in [6, 6.07) is 0. The molecule has 80 valence electrons. The summed E-state index contributed by atoms with van der Waals surface area (Å²) in [4.78, 5) is 2.18. The van der Waals surface area contributed by atoms with E-state index >= 15 is 0 Å². The van der Waals surface area contributed by atoms with Crippen LogP contribution >= 0.6 is 0 Å². The van der Waals surface area contributed by atoms with Gasteiger partial charge in [0, 0.05) is 13.1 Å². The first kappa shape index (κ1) is 11.2. The van der Waals surface area contributed by atoms with Crippen molar-refractivity contribution in [1.29, 1.82) is 0 Å². The van der Waals surface area contributed by atoms with Gasteiger partial charge in [-0.3, -0.25) is 0 Å². The average molecular weight is 195 g/mol. The van der Waals surface area contributed by atoms with E-state index in [-0.39, 0.29) is 5.60 Å². The monoisotopic (exact) mass is 195 g/mol. The van der Waals surface area contributed by atoms with Gasteiger partial charge >= 0.3 is 0 Å². The molecule has 2 nitrogen and oxygen atoms in total. The molecule has 1 aliphatic heterocycles. The molecule has 0 aromatic carbocycles. The summed E-state index contributed by atoms with van der Waals surface area (Å²) < 4.78 is 5.71. The summed E-state index contributed by atoms with van der Waals surface area (Å²) in [5.41, 5.74) is 1.32. The Kier molecular flexibility index (Phi) is 3.25. The number of hydrogen-bond acceptors (Lipinski definition) is 2. The molecule has 0 spiro atoms. The molecule has 0 saturated heterocycles. The molecule has 0 saturated carbocycles. The fourth-order valence-corrected chi connectivity index (χ4v) is 1.42. The van der Waals surface area contributed by atoms with E-state index in [9.17, 15) is 0 Å². The Labute approximate surface area is 87.2 Å². The van der Waals surface area contributed by atoms with Crippen LogP contribution in [-0.2, 0) is 4.74 Å². The van der Waals surface area contributed by atoms with Crippen LogP contribution < -0.4 is 0 Å². The van der Waals surface area contributed by atoms with Crippen LogP contribution in [0.25, 0.3) is 0 Å². The third kappa shape index (κ3) is 3.44. The summed E-state index contributed by atoms with van der Waals surface area (Å²) in [6.45, 7) is 14.2. The Balaban J connectivity index is 2.47. The third-order valence-corrected chi connectivity index (χ3v) is 2.21. The van der Waals surface area contributed by atoms with Gasteiger partial charge < -0.3 is 9.64 Å². The molecule has 0 radical (unpaired) electrons. The standard InChI is InChI=1S/C12H21NO/c1-10-6-8-13(9-7-10)11(2)14-12(3,4)5/h6H,2,7-9H2,1,3-5H3. The second kappa shape index (κ2) is 4.07. The highest BCUT2D eigenvalue weighted by Crippen LogP contribution is 2.19. The minimum Gasteiger partial charge on any atom is -0.474 e. The molecule has 14 heavy (non-hydrogen) atoms. The topological polar surface area (TPSA) is 12.5 Å². The smallest absolute Gasteiger partial charge is 0.182 e. The number of nitrogens with zero attached hydrogens (tertiary/aromatic N) is 1. The summed E-state index contributed by atoms with van der Waals surface area (Å²) in [6.07, 6.45) is 3.35. The van der Waals surface area contributed by atoms with Crippen LogP contribution in [0.3, 0.4) is 0 Å². The van der Waals surface area contributed by atoms with E-state index in [4.69, 9.17) is 4.74 Å². The van der Waals surface area contributed by atoms with Crippen LogP contribution in [0.2, 0.25) is 0 Å². The maximum absolute atomic E-state index is 5.71. The summed E-state index contributed by atoms with van der Waals surface area (Å²) in [5, 5.41) is 0. The van der Waals surface area contributed by atoms with E-state index in [2.05, 4.69) is 24.5 Å². The second-order valence-electron chi connectivity index (χ2n) is 4.85. The predicted molar refractivity (Wildman–Crippen MR) is 59.9 cm³/mol. The molecule has 1 rings (SSSR count). The Hall–Kier alpha value is -0.920. The van der Waals surface area contributed by atoms with Crippen molar-refractivity contribution in [2.75, 3.05) is 13.1 Å².